The fraction of sp³-hybridized carbons (Fsp3) is 0.261. The van der Waals surface area contributed by atoms with Crippen molar-refractivity contribution >= 4 is 11.7 Å². The van der Waals surface area contributed by atoms with Crippen LogP contribution in [0.4, 0.5) is 5.69 Å². The average Bonchev–Trinajstić information content (AvgIpc) is 3.16. The van der Waals surface area contributed by atoms with Crippen molar-refractivity contribution in [2.24, 2.45) is 0 Å². The van der Waals surface area contributed by atoms with Crippen LogP contribution in [-0.2, 0) is 16.2 Å². The first kappa shape index (κ1) is 23.1. The van der Waals surface area contributed by atoms with Crippen molar-refractivity contribution in [1.29, 1.82) is 0 Å². The third kappa shape index (κ3) is 4.70. The van der Waals surface area contributed by atoms with Crippen molar-refractivity contribution in [1.82, 2.24) is 4.57 Å². The zero-order valence-corrected chi connectivity index (χ0v) is 17.5. The molecule has 0 fully saturated rings. The van der Waals surface area contributed by atoms with Gasteiger partial charge in [0.2, 0.25) is 0 Å². The fourth-order valence-corrected chi connectivity index (χ4v) is 3.44. The minimum absolute atomic E-state index is 0.0453. The summed E-state index contributed by atoms with van der Waals surface area (Å²) in [6.45, 7) is 0.541. The molecule has 168 valence electrons. The first-order chi connectivity index (χ1) is 15.5. The average molecular weight is 440 g/mol. The number of carbonyl (C=O) groups excluding carboxylic acids is 1. The number of benzene rings is 2. The van der Waals surface area contributed by atoms with Gasteiger partial charge >= 0.3 is 11.7 Å². The smallest absolute Gasteiger partial charge is 0.347 e. The van der Waals surface area contributed by atoms with Crippen LogP contribution in [0.1, 0.15) is 17.3 Å². The predicted octanol–water partition coefficient (Wildman–Crippen LogP) is 3.23. The molecule has 0 saturated heterocycles. The standard InChI is InChI=1S/C23H24N2O7/c1-2-31-23(28)19-20(16-9-5-3-6-10-16)24(15-32-18(13-26)14-27)21(22(19)25(29)30)17-11-7-4-8-12-17/h3-12,18,26-27H,2,13-15H2,1H3. The number of carbonyl (C=O) groups is 1. The predicted molar refractivity (Wildman–Crippen MR) is 117 cm³/mol. The van der Waals surface area contributed by atoms with Crippen molar-refractivity contribution in [3.63, 3.8) is 0 Å². The Balaban J connectivity index is 2.37. The van der Waals surface area contributed by atoms with E-state index in [0.717, 1.165) is 0 Å². The van der Waals surface area contributed by atoms with Crippen LogP contribution >= 0.6 is 0 Å². The Morgan fingerprint density at radius 1 is 1.00 bits per heavy atom. The van der Waals surface area contributed by atoms with Crippen LogP contribution in [0.25, 0.3) is 22.5 Å². The molecule has 0 atom stereocenters. The summed E-state index contributed by atoms with van der Waals surface area (Å²) in [7, 11) is 0. The molecule has 1 heterocycles. The Labute approximate surface area is 184 Å². The number of aliphatic hydroxyl groups excluding tert-OH is 2. The minimum Gasteiger partial charge on any atom is -0.462 e. The number of hydrogen-bond donors (Lipinski definition) is 2. The highest BCUT2D eigenvalue weighted by molar-refractivity contribution is 6.04. The number of hydrogen-bond acceptors (Lipinski definition) is 7. The van der Waals surface area contributed by atoms with Gasteiger partial charge in [0.05, 0.1) is 30.4 Å². The summed E-state index contributed by atoms with van der Waals surface area (Å²) in [5, 5.41) is 31.0. The van der Waals surface area contributed by atoms with E-state index in [1.807, 2.05) is 0 Å². The van der Waals surface area contributed by atoms with Crippen LogP contribution < -0.4 is 0 Å². The van der Waals surface area contributed by atoms with Crippen molar-refractivity contribution < 1.29 is 29.4 Å². The van der Waals surface area contributed by atoms with E-state index in [0.29, 0.717) is 11.1 Å². The second-order valence-corrected chi connectivity index (χ2v) is 6.84. The summed E-state index contributed by atoms with van der Waals surface area (Å²) in [6, 6.07) is 17.4. The van der Waals surface area contributed by atoms with Crippen molar-refractivity contribution in [3.05, 3.63) is 76.3 Å². The van der Waals surface area contributed by atoms with Gasteiger partial charge in [0.1, 0.15) is 18.5 Å². The fourth-order valence-electron chi connectivity index (χ4n) is 3.44. The Morgan fingerprint density at radius 3 is 2.00 bits per heavy atom. The van der Waals surface area contributed by atoms with E-state index in [9.17, 15) is 25.1 Å². The lowest BCUT2D eigenvalue weighted by molar-refractivity contribution is -0.384. The first-order valence-corrected chi connectivity index (χ1v) is 10.1. The summed E-state index contributed by atoms with van der Waals surface area (Å²) in [4.78, 5) is 24.6. The summed E-state index contributed by atoms with van der Waals surface area (Å²) >= 11 is 0. The Kier molecular flexibility index (Phi) is 7.72. The molecule has 9 nitrogen and oxygen atoms in total. The second-order valence-electron chi connectivity index (χ2n) is 6.84. The second kappa shape index (κ2) is 10.7. The molecule has 1 aromatic heterocycles. The van der Waals surface area contributed by atoms with E-state index in [1.54, 1.807) is 67.6 Å². The molecule has 3 aromatic rings. The van der Waals surface area contributed by atoms with Gasteiger partial charge in [-0.25, -0.2) is 4.79 Å². The summed E-state index contributed by atoms with van der Waals surface area (Å²) < 4.78 is 12.3. The number of esters is 1. The molecule has 0 bridgehead atoms. The van der Waals surface area contributed by atoms with Gasteiger partial charge in [-0.2, -0.15) is 0 Å². The van der Waals surface area contributed by atoms with E-state index >= 15 is 0 Å². The maximum Gasteiger partial charge on any atom is 0.347 e. The van der Waals surface area contributed by atoms with Gasteiger partial charge < -0.3 is 24.3 Å². The molecule has 2 N–H and O–H groups in total. The molecule has 2 aromatic carbocycles. The first-order valence-electron chi connectivity index (χ1n) is 10.1. The van der Waals surface area contributed by atoms with Crippen molar-refractivity contribution in [2.75, 3.05) is 19.8 Å². The molecule has 3 rings (SSSR count). The lowest BCUT2D eigenvalue weighted by Gasteiger charge is -2.18. The molecule has 9 heteroatoms. The van der Waals surface area contributed by atoms with E-state index < -0.39 is 35.9 Å². The third-order valence-electron chi connectivity index (χ3n) is 4.84. The normalized spacial score (nSPS) is 11.0. The van der Waals surface area contributed by atoms with Gasteiger partial charge in [-0.1, -0.05) is 60.7 Å². The van der Waals surface area contributed by atoms with Crippen LogP contribution in [0.2, 0.25) is 0 Å². The maximum absolute atomic E-state index is 13.0. The van der Waals surface area contributed by atoms with E-state index in [1.165, 1.54) is 4.57 Å². The van der Waals surface area contributed by atoms with E-state index in [-0.39, 0.29) is 30.3 Å². The summed E-state index contributed by atoms with van der Waals surface area (Å²) in [6.07, 6.45) is -0.894. The van der Waals surface area contributed by atoms with Gasteiger partial charge in [-0.15, -0.1) is 0 Å². The topological polar surface area (TPSA) is 124 Å². The number of aliphatic hydroxyl groups is 2. The molecule has 0 amide bonds. The zero-order valence-electron chi connectivity index (χ0n) is 17.5. The largest absolute Gasteiger partial charge is 0.462 e. The van der Waals surface area contributed by atoms with Crippen molar-refractivity contribution in [3.8, 4) is 22.5 Å². The SMILES string of the molecule is CCOC(=O)c1c([N+](=O)[O-])c(-c2ccccc2)n(COC(CO)CO)c1-c1ccccc1. The van der Waals surface area contributed by atoms with Crippen LogP contribution in [-0.4, -0.2) is 51.6 Å². The molecule has 0 radical (unpaired) electrons. The Hall–Kier alpha value is -3.53. The summed E-state index contributed by atoms with van der Waals surface area (Å²) in [5.41, 5.74) is 0.877. The molecular formula is C23H24N2O7. The third-order valence-corrected chi connectivity index (χ3v) is 4.84. The maximum atomic E-state index is 13.0. The highest BCUT2D eigenvalue weighted by atomic mass is 16.6. The number of aromatic nitrogens is 1. The quantitative estimate of drug-likeness (QED) is 0.282. The zero-order chi connectivity index (χ0) is 23.1. The van der Waals surface area contributed by atoms with E-state index in [2.05, 4.69) is 0 Å². The lowest BCUT2D eigenvalue weighted by atomic mass is 10.1. The number of nitrogens with zero attached hydrogens (tertiary/aromatic N) is 2. The van der Waals surface area contributed by atoms with Crippen LogP contribution in [0.5, 0.6) is 0 Å². The Morgan fingerprint density at radius 2 is 1.53 bits per heavy atom. The molecule has 0 saturated carbocycles. The van der Waals surface area contributed by atoms with Gasteiger partial charge in [0, 0.05) is 5.56 Å². The van der Waals surface area contributed by atoms with Gasteiger partial charge in [0.25, 0.3) is 0 Å². The molecule has 0 unspecified atom stereocenters. The Bertz CT molecular complexity index is 1060. The molecule has 32 heavy (non-hydrogen) atoms. The lowest BCUT2D eigenvalue weighted by Crippen LogP contribution is -2.24. The van der Waals surface area contributed by atoms with Crippen LogP contribution in [0.15, 0.2) is 60.7 Å². The van der Waals surface area contributed by atoms with E-state index in [4.69, 9.17) is 9.47 Å². The highest BCUT2D eigenvalue weighted by Gasteiger charge is 2.37. The van der Waals surface area contributed by atoms with Crippen LogP contribution in [0.3, 0.4) is 0 Å². The molecule has 0 aliphatic carbocycles. The van der Waals surface area contributed by atoms with Gasteiger partial charge in [-0.3, -0.25) is 10.1 Å². The molecule has 0 aliphatic rings. The number of rotatable bonds is 10. The molecular weight excluding hydrogens is 416 g/mol. The monoisotopic (exact) mass is 440 g/mol. The van der Waals surface area contributed by atoms with Gasteiger partial charge in [0.15, 0.2) is 5.56 Å². The summed E-state index contributed by atoms with van der Waals surface area (Å²) in [5.74, 6) is -0.824. The number of nitro groups is 1. The molecule has 0 spiro atoms. The number of ether oxygens (including phenoxy) is 2. The molecule has 0 aliphatic heterocycles. The van der Waals surface area contributed by atoms with Gasteiger partial charge in [-0.05, 0) is 12.5 Å². The van der Waals surface area contributed by atoms with Crippen molar-refractivity contribution in [2.45, 2.75) is 19.8 Å². The highest BCUT2D eigenvalue weighted by Crippen LogP contribution is 2.43. The minimum atomic E-state index is -0.894. The van der Waals surface area contributed by atoms with Crippen LogP contribution in [0, 0.1) is 10.1 Å².